The summed E-state index contributed by atoms with van der Waals surface area (Å²) in [6.45, 7) is 0. The van der Waals surface area contributed by atoms with E-state index >= 15 is 0 Å². The molecule has 0 unspecified atom stereocenters. The standard InChI is InChI=1S/C11H8N4O2/c12-8-9-7-10(3-4-11(9)15(16)17)13-14-5-1-2-6-14/h1-7,13H. The highest BCUT2D eigenvalue weighted by Crippen LogP contribution is 2.21. The van der Waals surface area contributed by atoms with Crippen LogP contribution in [0.25, 0.3) is 0 Å². The number of aromatic nitrogens is 1. The van der Waals surface area contributed by atoms with E-state index in [4.69, 9.17) is 5.26 Å². The first-order valence-electron chi connectivity index (χ1n) is 4.79. The van der Waals surface area contributed by atoms with Gasteiger partial charge in [0, 0.05) is 18.5 Å². The van der Waals surface area contributed by atoms with Crippen molar-refractivity contribution >= 4 is 11.4 Å². The van der Waals surface area contributed by atoms with Crippen molar-refractivity contribution < 1.29 is 4.92 Å². The fourth-order valence-electron chi connectivity index (χ4n) is 1.41. The normalized spacial score (nSPS) is 9.59. The lowest BCUT2D eigenvalue weighted by molar-refractivity contribution is -0.385. The minimum Gasteiger partial charge on any atom is -0.295 e. The number of anilines is 1. The molecule has 0 fully saturated rings. The molecule has 1 heterocycles. The van der Waals surface area contributed by atoms with Gasteiger partial charge in [-0.25, -0.2) is 0 Å². The van der Waals surface area contributed by atoms with Crippen molar-refractivity contribution in [3.8, 4) is 6.07 Å². The number of nitriles is 1. The molecule has 2 aromatic rings. The number of rotatable bonds is 3. The van der Waals surface area contributed by atoms with Crippen molar-refractivity contribution in [2.75, 3.05) is 5.43 Å². The van der Waals surface area contributed by atoms with E-state index in [-0.39, 0.29) is 11.3 Å². The van der Waals surface area contributed by atoms with Crippen LogP contribution in [0, 0.1) is 21.4 Å². The van der Waals surface area contributed by atoms with Crippen LogP contribution in [-0.2, 0) is 0 Å². The average molecular weight is 228 g/mol. The van der Waals surface area contributed by atoms with Crippen molar-refractivity contribution in [1.82, 2.24) is 4.68 Å². The number of hydrogen-bond donors (Lipinski definition) is 1. The molecule has 2 rings (SSSR count). The fraction of sp³-hybridized carbons (Fsp3) is 0. The maximum absolute atomic E-state index is 10.6. The molecule has 0 aliphatic heterocycles. The Morgan fingerprint density at radius 3 is 2.65 bits per heavy atom. The molecule has 1 aromatic heterocycles. The van der Waals surface area contributed by atoms with Crippen LogP contribution in [0.5, 0.6) is 0 Å². The van der Waals surface area contributed by atoms with E-state index in [1.54, 1.807) is 29.2 Å². The second-order valence-electron chi connectivity index (χ2n) is 3.30. The minimum atomic E-state index is -0.571. The third-order valence-electron chi connectivity index (χ3n) is 2.18. The molecule has 0 atom stereocenters. The van der Waals surface area contributed by atoms with Gasteiger partial charge in [0.05, 0.1) is 10.6 Å². The lowest BCUT2D eigenvalue weighted by Crippen LogP contribution is -2.06. The van der Waals surface area contributed by atoms with Crippen molar-refractivity contribution in [2.45, 2.75) is 0 Å². The Labute approximate surface area is 96.8 Å². The molecule has 1 N–H and O–H groups in total. The molecule has 84 valence electrons. The summed E-state index contributed by atoms with van der Waals surface area (Å²) in [6, 6.07) is 9.79. The molecule has 6 heteroatoms. The Hall–Kier alpha value is -2.81. The summed E-state index contributed by atoms with van der Waals surface area (Å²) < 4.78 is 1.68. The van der Waals surface area contributed by atoms with E-state index in [1.165, 1.54) is 12.1 Å². The molecule has 0 saturated heterocycles. The second-order valence-corrected chi connectivity index (χ2v) is 3.30. The van der Waals surface area contributed by atoms with Gasteiger partial charge in [-0.15, -0.1) is 0 Å². The largest absolute Gasteiger partial charge is 0.295 e. The molecular weight excluding hydrogens is 220 g/mol. The molecule has 6 nitrogen and oxygen atoms in total. The van der Waals surface area contributed by atoms with Gasteiger partial charge < -0.3 is 0 Å². The highest BCUT2D eigenvalue weighted by molar-refractivity contribution is 5.58. The summed E-state index contributed by atoms with van der Waals surface area (Å²) in [4.78, 5) is 10.1. The predicted octanol–water partition coefficient (Wildman–Crippen LogP) is 2.14. The summed E-state index contributed by atoms with van der Waals surface area (Å²) in [5, 5.41) is 19.5. The first kappa shape index (κ1) is 10.7. The lowest BCUT2D eigenvalue weighted by Gasteiger charge is -2.07. The highest BCUT2D eigenvalue weighted by Gasteiger charge is 2.13. The topological polar surface area (TPSA) is 83.9 Å². The van der Waals surface area contributed by atoms with E-state index in [9.17, 15) is 10.1 Å². The first-order valence-corrected chi connectivity index (χ1v) is 4.79. The number of hydrogen-bond acceptors (Lipinski definition) is 4. The van der Waals surface area contributed by atoms with Crippen LogP contribution in [0.4, 0.5) is 11.4 Å². The monoisotopic (exact) mass is 228 g/mol. The van der Waals surface area contributed by atoms with Crippen molar-refractivity contribution in [3.05, 3.63) is 58.4 Å². The zero-order valence-corrected chi connectivity index (χ0v) is 8.70. The van der Waals surface area contributed by atoms with Gasteiger partial charge >= 0.3 is 0 Å². The van der Waals surface area contributed by atoms with E-state index in [0.29, 0.717) is 5.69 Å². The fourth-order valence-corrected chi connectivity index (χ4v) is 1.41. The Morgan fingerprint density at radius 2 is 2.06 bits per heavy atom. The Bertz CT molecular complexity index is 584. The van der Waals surface area contributed by atoms with E-state index < -0.39 is 4.92 Å². The Balaban J connectivity index is 2.33. The molecular formula is C11H8N4O2. The molecule has 0 aliphatic rings. The molecule has 17 heavy (non-hydrogen) atoms. The average Bonchev–Trinajstić information content (AvgIpc) is 2.81. The summed E-state index contributed by atoms with van der Waals surface area (Å²) in [6.07, 6.45) is 3.57. The van der Waals surface area contributed by atoms with Crippen molar-refractivity contribution in [3.63, 3.8) is 0 Å². The number of benzene rings is 1. The molecule has 0 spiro atoms. The van der Waals surface area contributed by atoms with Gasteiger partial charge in [-0.1, -0.05) is 0 Å². The van der Waals surface area contributed by atoms with Crippen LogP contribution in [0.15, 0.2) is 42.7 Å². The molecule has 0 radical (unpaired) electrons. The third-order valence-corrected chi connectivity index (χ3v) is 2.18. The molecule has 0 amide bonds. The SMILES string of the molecule is N#Cc1cc(Nn2cccc2)ccc1[N+](=O)[O-]. The van der Waals surface area contributed by atoms with Crippen molar-refractivity contribution in [1.29, 1.82) is 5.26 Å². The Morgan fingerprint density at radius 1 is 1.35 bits per heavy atom. The van der Waals surface area contributed by atoms with E-state index in [2.05, 4.69) is 5.43 Å². The van der Waals surface area contributed by atoms with Crippen LogP contribution >= 0.6 is 0 Å². The lowest BCUT2D eigenvalue weighted by atomic mass is 10.2. The van der Waals surface area contributed by atoms with Gasteiger partial charge in [-0.3, -0.25) is 20.2 Å². The highest BCUT2D eigenvalue weighted by atomic mass is 16.6. The van der Waals surface area contributed by atoms with Gasteiger partial charge in [-0.05, 0) is 24.3 Å². The molecule has 0 saturated carbocycles. The number of nitrogens with one attached hydrogen (secondary N) is 1. The minimum absolute atomic E-state index is 0.0344. The van der Waals surface area contributed by atoms with Gasteiger partial charge in [0.15, 0.2) is 0 Å². The summed E-state index contributed by atoms with van der Waals surface area (Å²) >= 11 is 0. The van der Waals surface area contributed by atoms with Crippen LogP contribution in [0.1, 0.15) is 5.56 Å². The second kappa shape index (κ2) is 4.37. The van der Waals surface area contributed by atoms with E-state index in [0.717, 1.165) is 0 Å². The quantitative estimate of drug-likeness (QED) is 0.644. The molecule has 0 aliphatic carbocycles. The summed E-state index contributed by atoms with van der Waals surface area (Å²) in [7, 11) is 0. The van der Waals surface area contributed by atoms with Gasteiger partial charge in [0.2, 0.25) is 0 Å². The zero-order chi connectivity index (χ0) is 12.3. The molecule has 0 bridgehead atoms. The van der Waals surface area contributed by atoms with Crippen LogP contribution in [-0.4, -0.2) is 9.60 Å². The van der Waals surface area contributed by atoms with Crippen LogP contribution < -0.4 is 5.43 Å². The summed E-state index contributed by atoms with van der Waals surface area (Å²) in [5.74, 6) is 0. The third kappa shape index (κ3) is 2.23. The number of nitrogens with zero attached hydrogens (tertiary/aromatic N) is 3. The number of nitro groups is 1. The van der Waals surface area contributed by atoms with Gasteiger partial charge in [-0.2, -0.15) is 5.26 Å². The smallest absolute Gasteiger partial charge is 0.287 e. The predicted molar refractivity (Wildman–Crippen MR) is 61.3 cm³/mol. The van der Waals surface area contributed by atoms with Crippen LogP contribution in [0.3, 0.4) is 0 Å². The van der Waals surface area contributed by atoms with Gasteiger partial charge in [0.25, 0.3) is 5.69 Å². The van der Waals surface area contributed by atoms with E-state index in [1.807, 2.05) is 12.1 Å². The maximum Gasteiger partial charge on any atom is 0.287 e. The van der Waals surface area contributed by atoms with Crippen LogP contribution in [0.2, 0.25) is 0 Å². The number of nitro benzene ring substituents is 1. The first-order chi connectivity index (χ1) is 8.20. The maximum atomic E-state index is 10.6. The summed E-state index contributed by atoms with van der Waals surface area (Å²) in [5.41, 5.74) is 3.43. The zero-order valence-electron chi connectivity index (χ0n) is 8.70. The molecule has 1 aromatic carbocycles. The Kier molecular flexibility index (Phi) is 2.75. The van der Waals surface area contributed by atoms with Gasteiger partial charge in [0.1, 0.15) is 11.6 Å². The van der Waals surface area contributed by atoms with Crippen molar-refractivity contribution in [2.24, 2.45) is 0 Å².